The van der Waals surface area contributed by atoms with Crippen LogP contribution in [0.1, 0.15) is 135 Å². The summed E-state index contributed by atoms with van der Waals surface area (Å²) in [6.07, 6.45) is 20.3. The van der Waals surface area contributed by atoms with E-state index in [1.807, 2.05) is 38.1 Å². The first-order chi connectivity index (χ1) is 20.5. The minimum absolute atomic E-state index is 0.00129. The lowest BCUT2D eigenvalue weighted by atomic mass is 9.96. The summed E-state index contributed by atoms with van der Waals surface area (Å²) in [7, 11) is 0. The quantitative estimate of drug-likeness (QED) is 0.0940. The van der Waals surface area contributed by atoms with Gasteiger partial charge in [0.15, 0.2) is 5.78 Å². The summed E-state index contributed by atoms with van der Waals surface area (Å²) in [6.45, 7) is 6.88. The normalized spacial score (nSPS) is 13.0. The lowest BCUT2D eigenvalue weighted by Gasteiger charge is -2.13. The molecule has 2 aromatic rings. The van der Waals surface area contributed by atoms with Crippen molar-refractivity contribution in [2.45, 2.75) is 142 Å². The molecule has 0 amide bonds. The molecule has 0 aliphatic heterocycles. The minimum Gasteiger partial charge on any atom is -0.494 e. The minimum atomic E-state index is -0.777. The van der Waals surface area contributed by atoms with Gasteiger partial charge in [-0.25, -0.2) is 0 Å². The van der Waals surface area contributed by atoms with E-state index < -0.39 is 6.10 Å². The number of carbonyl (C=O) groups excluding carboxylic acids is 1. The second-order valence-corrected chi connectivity index (χ2v) is 11.9. The molecule has 42 heavy (non-hydrogen) atoms. The van der Waals surface area contributed by atoms with E-state index in [1.54, 1.807) is 0 Å². The SMILES string of the molecule is CCCCCCCCCCc1ccc(N=Nc2ccc(OCCCCCCCCCC(O)C(=O)C(C)CC)cc2)cc1. The van der Waals surface area contributed by atoms with Crippen LogP contribution < -0.4 is 4.74 Å². The Labute approximate surface area is 256 Å². The fraction of sp³-hybridized carbons (Fsp3) is 0.649. The Balaban J connectivity index is 1.51. The van der Waals surface area contributed by atoms with E-state index in [1.165, 1.54) is 69.8 Å². The topological polar surface area (TPSA) is 71.2 Å². The van der Waals surface area contributed by atoms with Crippen LogP contribution in [0.3, 0.4) is 0 Å². The number of rotatable bonds is 25. The van der Waals surface area contributed by atoms with Gasteiger partial charge in [0, 0.05) is 5.92 Å². The maximum atomic E-state index is 11.9. The molecule has 0 fully saturated rings. The molecule has 2 rings (SSSR count). The Kier molecular flexibility index (Phi) is 19.5. The van der Waals surface area contributed by atoms with E-state index in [0.717, 1.165) is 68.7 Å². The Bertz CT molecular complexity index is 972. The summed E-state index contributed by atoms with van der Waals surface area (Å²) in [5, 5.41) is 18.8. The third-order valence-electron chi connectivity index (χ3n) is 8.19. The number of unbranched alkanes of at least 4 members (excludes halogenated alkanes) is 13. The number of nitrogens with zero attached hydrogens (tertiary/aromatic N) is 2. The number of benzene rings is 2. The molecule has 0 heterocycles. The molecule has 2 aromatic carbocycles. The fourth-order valence-corrected chi connectivity index (χ4v) is 5.10. The zero-order valence-electron chi connectivity index (χ0n) is 26.9. The van der Waals surface area contributed by atoms with Gasteiger partial charge in [0.2, 0.25) is 0 Å². The van der Waals surface area contributed by atoms with E-state index >= 15 is 0 Å². The summed E-state index contributed by atoms with van der Waals surface area (Å²) in [6, 6.07) is 16.3. The Hall–Kier alpha value is -2.53. The highest BCUT2D eigenvalue weighted by Gasteiger charge is 2.19. The first kappa shape index (κ1) is 35.7. The summed E-state index contributed by atoms with van der Waals surface area (Å²) in [5.41, 5.74) is 3.08. The maximum Gasteiger partial charge on any atom is 0.164 e. The summed E-state index contributed by atoms with van der Waals surface area (Å²) in [5.74, 6) is 0.833. The number of ketones is 1. The number of hydrogen-bond donors (Lipinski definition) is 1. The molecule has 0 aromatic heterocycles. The molecule has 0 radical (unpaired) electrons. The van der Waals surface area contributed by atoms with Gasteiger partial charge in [0.25, 0.3) is 0 Å². The molecule has 0 saturated carbocycles. The first-order valence-corrected chi connectivity index (χ1v) is 17.0. The van der Waals surface area contributed by atoms with Gasteiger partial charge in [-0.1, -0.05) is 116 Å². The number of Topliss-reactive ketones (excluding diaryl/α,β-unsaturated/α-hetero) is 1. The average Bonchev–Trinajstić information content (AvgIpc) is 3.02. The number of aryl methyl sites for hydroxylation is 1. The van der Waals surface area contributed by atoms with E-state index in [-0.39, 0.29) is 11.7 Å². The largest absolute Gasteiger partial charge is 0.494 e. The smallest absolute Gasteiger partial charge is 0.164 e. The van der Waals surface area contributed by atoms with Gasteiger partial charge in [-0.15, -0.1) is 0 Å². The first-order valence-electron chi connectivity index (χ1n) is 17.0. The van der Waals surface area contributed by atoms with Crippen molar-refractivity contribution in [2.75, 3.05) is 6.61 Å². The van der Waals surface area contributed by atoms with Crippen LogP contribution in [0.15, 0.2) is 58.8 Å². The van der Waals surface area contributed by atoms with Crippen LogP contribution >= 0.6 is 0 Å². The van der Waals surface area contributed by atoms with Gasteiger partial charge in [-0.05, 0) is 74.1 Å². The molecule has 0 aliphatic rings. The molecule has 2 unspecified atom stereocenters. The number of carbonyl (C=O) groups is 1. The van der Waals surface area contributed by atoms with Gasteiger partial charge in [0.1, 0.15) is 11.9 Å². The lowest BCUT2D eigenvalue weighted by molar-refractivity contribution is -0.131. The number of aliphatic hydroxyl groups is 1. The van der Waals surface area contributed by atoms with Crippen LogP contribution in [0.25, 0.3) is 0 Å². The molecule has 0 spiro atoms. The van der Waals surface area contributed by atoms with Crippen molar-refractivity contribution in [3.8, 4) is 5.75 Å². The van der Waals surface area contributed by atoms with Gasteiger partial charge >= 0.3 is 0 Å². The van der Waals surface area contributed by atoms with E-state index in [0.29, 0.717) is 6.42 Å². The Morgan fingerprint density at radius 1 is 0.690 bits per heavy atom. The monoisotopic (exact) mass is 578 g/mol. The van der Waals surface area contributed by atoms with Crippen LogP contribution in [-0.4, -0.2) is 23.6 Å². The molecule has 5 heteroatoms. The van der Waals surface area contributed by atoms with Crippen molar-refractivity contribution in [2.24, 2.45) is 16.1 Å². The molecule has 234 valence electrons. The fourth-order valence-electron chi connectivity index (χ4n) is 5.10. The van der Waals surface area contributed by atoms with E-state index in [9.17, 15) is 9.90 Å². The molecule has 0 aliphatic carbocycles. The zero-order valence-corrected chi connectivity index (χ0v) is 26.9. The van der Waals surface area contributed by atoms with Gasteiger partial charge in [-0.2, -0.15) is 10.2 Å². The van der Waals surface area contributed by atoms with Crippen LogP contribution in [0.4, 0.5) is 11.4 Å². The lowest BCUT2D eigenvalue weighted by Crippen LogP contribution is -2.26. The second kappa shape index (κ2) is 23.0. The molecule has 0 bridgehead atoms. The van der Waals surface area contributed by atoms with Gasteiger partial charge < -0.3 is 9.84 Å². The Morgan fingerprint density at radius 2 is 1.19 bits per heavy atom. The third-order valence-corrected chi connectivity index (χ3v) is 8.19. The van der Waals surface area contributed by atoms with E-state index in [2.05, 4.69) is 41.4 Å². The van der Waals surface area contributed by atoms with Gasteiger partial charge in [0.05, 0.1) is 18.0 Å². The highest BCUT2D eigenvalue weighted by atomic mass is 16.5. The van der Waals surface area contributed by atoms with Crippen molar-refractivity contribution < 1.29 is 14.6 Å². The average molecular weight is 579 g/mol. The second-order valence-electron chi connectivity index (χ2n) is 11.9. The summed E-state index contributed by atoms with van der Waals surface area (Å²) in [4.78, 5) is 11.9. The molecular formula is C37H58N2O3. The predicted molar refractivity (Wildman–Crippen MR) is 176 cm³/mol. The zero-order chi connectivity index (χ0) is 30.3. The molecule has 1 N–H and O–H groups in total. The van der Waals surface area contributed by atoms with Crippen molar-refractivity contribution >= 4 is 17.2 Å². The molecule has 5 nitrogen and oxygen atoms in total. The van der Waals surface area contributed by atoms with Crippen molar-refractivity contribution in [3.05, 3.63) is 54.1 Å². The Morgan fingerprint density at radius 3 is 1.76 bits per heavy atom. The van der Waals surface area contributed by atoms with E-state index in [4.69, 9.17) is 4.74 Å². The highest BCUT2D eigenvalue weighted by molar-refractivity contribution is 5.84. The van der Waals surface area contributed by atoms with Gasteiger partial charge in [-0.3, -0.25) is 4.79 Å². The van der Waals surface area contributed by atoms with Crippen LogP contribution in [-0.2, 0) is 11.2 Å². The maximum absolute atomic E-state index is 11.9. The molecule has 0 saturated heterocycles. The highest BCUT2D eigenvalue weighted by Crippen LogP contribution is 2.22. The number of hydrogen-bond acceptors (Lipinski definition) is 5. The standard InChI is InChI=1S/C37H58N2O3/c1-4-6-7-8-9-11-14-17-20-32-22-24-33(25-23-32)38-39-34-26-28-35(29-27-34)42-30-19-16-13-10-12-15-18-21-36(40)37(41)31(3)5-2/h22-29,31,36,40H,4-21,30H2,1-3H3. The van der Waals surface area contributed by atoms with Crippen molar-refractivity contribution in [3.63, 3.8) is 0 Å². The van der Waals surface area contributed by atoms with Crippen LogP contribution in [0.2, 0.25) is 0 Å². The number of aliphatic hydroxyl groups excluding tert-OH is 1. The third kappa shape index (κ3) is 16.2. The summed E-state index contributed by atoms with van der Waals surface area (Å²) < 4.78 is 5.90. The molecule has 2 atom stereocenters. The summed E-state index contributed by atoms with van der Waals surface area (Å²) >= 11 is 0. The number of azo groups is 1. The number of ether oxygens (including phenoxy) is 1. The van der Waals surface area contributed by atoms with Crippen molar-refractivity contribution in [1.29, 1.82) is 0 Å². The van der Waals surface area contributed by atoms with Crippen LogP contribution in [0, 0.1) is 5.92 Å². The predicted octanol–water partition coefficient (Wildman–Crippen LogP) is 11.3. The molecular weight excluding hydrogens is 520 g/mol. The van der Waals surface area contributed by atoms with Crippen LogP contribution in [0.5, 0.6) is 5.75 Å². The van der Waals surface area contributed by atoms with Crippen molar-refractivity contribution in [1.82, 2.24) is 0 Å².